The van der Waals surface area contributed by atoms with Gasteiger partial charge in [0.25, 0.3) is 0 Å². The molecule has 6 heteroatoms. The van der Waals surface area contributed by atoms with Crippen molar-refractivity contribution in [1.29, 1.82) is 0 Å². The van der Waals surface area contributed by atoms with Crippen molar-refractivity contribution in [1.82, 2.24) is 14.8 Å². The van der Waals surface area contributed by atoms with Gasteiger partial charge in [-0.1, -0.05) is 0 Å². The average molecular weight is 251 g/mol. The molecule has 1 aromatic heterocycles. The summed E-state index contributed by atoms with van der Waals surface area (Å²) in [5, 5.41) is 0. The predicted molar refractivity (Wildman–Crippen MR) is 63.8 cm³/mol. The molecule has 1 aliphatic heterocycles. The first-order valence-electron chi connectivity index (χ1n) is 6.00. The maximum absolute atomic E-state index is 12.0. The van der Waals surface area contributed by atoms with Gasteiger partial charge in [0.15, 0.2) is 6.39 Å². The van der Waals surface area contributed by atoms with Gasteiger partial charge in [-0.25, -0.2) is 4.98 Å². The third-order valence-electron chi connectivity index (χ3n) is 3.23. The molecule has 1 aliphatic rings. The molecule has 0 atom stereocenters. The zero-order valence-corrected chi connectivity index (χ0v) is 10.7. The van der Waals surface area contributed by atoms with E-state index in [2.05, 4.69) is 4.98 Å². The lowest BCUT2D eigenvalue weighted by atomic mass is 10.2. The number of aryl methyl sites for hydroxylation is 1. The number of amides is 2. The molecule has 2 rings (SSSR count). The Labute approximate surface area is 106 Å². The summed E-state index contributed by atoms with van der Waals surface area (Å²) in [4.78, 5) is 30.7. The Morgan fingerprint density at radius 3 is 2.39 bits per heavy atom. The van der Waals surface area contributed by atoms with Crippen LogP contribution in [-0.4, -0.2) is 52.8 Å². The van der Waals surface area contributed by atoms with Crippen LogP contribution in [0.2, 0.25) is 0 Å². The van der Waals surface area contributed by atoms with Crippen LogP contribution in [0, 0.1) is 6.92 Å². The Hall–Kier alpha value is -1.85. The fourth-order valence-electron chi connectivity index (χ4n) is 2.02. The van der Waals surface area contributed by atoms with Gasteiger partial charge in [-0.3, -0.25) is 9.59 Å². The summed E-state index contributed by atoms with van der Waals surface area (Å²) < 4.78 is 5.16. The van der Waals surface area contributed by atoms with Crippen LogP contribution in [0.15, 0.2) is 10.8 Å². The molecule has 98 valence electrons. The molecular formula is C12H17N3O3. The van der Waals surface area contributed by atoms with Crippen LogP contribution in [0.1, 0.15) is 18.4 Å². The van der Waals surface area contributed by atoms with Crippen molar-refractivity contribution in [2.45, 2.75) is 20.3 Å². The molecule has 0 aromatic carbocycles. The van der Waals surface area contributed by atoms with Gasteiger partial charge in [-0.2, -0.15) is 0 Å². The molecule has 1 aromatic rings. The molecule has 0 bridgehead atoms. The van der Waals surface area contributed by atoms with Crippen LogP contribution in [0.4, 0.5) is 0 Å². The summed E-state index contributed by atoms with van der Waals surface area (Å²) in [6, 6.07) is 0. The number of aromatic nitrogens is 1. The molecule has 0 aliphatic carbocycles. The molecule has 6 nitrogen and oxygen atoms in total. The Bertz CT molecular complexity index is 447. The van der Waals surface area contributed by atoms with E-state index in [1.54, 1.807) is 16.7 Å². The van der Waals surface area contributed by atoms with E-state index in [0.717, 1.165) is 5.69 Å². The maximum Gasteiger partial charge on any atom is 0.230 e. The van der Waals surface area contributed by atoms with E-state index < -0.39 is 0 Å². The highest BCUT2D eigenvalue weighted by Crippen LogP contribution is 2.09. The van der Waals surface area contributed by atoms with E-state index in [9.17, 15) is 9.59 Å². The Kier molecular flexibility index (Phi) is 3.64. The summed E-state index contributed by atoms with van der Waals surface area (Å²) in [5.74, 6) is 0.709. The standard InChI is InChI=1S/C12H17N3O3/c1-9-11(18-8-13-9)7-12(17)15-5-3-14(4-6-15)10(2)16/h8H,3-7H2,1-2H3. The first-order chi connectivity index (χ1) is 8.58. The zero-order chi connectivity index (χ0) is 13.1. The van der Waals surface area contributed by atoms with Gasteiger partial charge in [0.05, 0.1) is 12.1 Å². The lowest BCUT2D eigenvalue weighted by Gasteiger charge is -2.34. The SMILES string of the molecule is CC(=O)N1CCN(C(=O)Cc2ocnc2C)CC1. The van der Waals surface area contributed by atoms with E-state index >= 15 is 0 Å². The number of piperazine rings is 1. The Morgan fingerprint density at radius 2 is 1.89 bits per heavy atom. The van der Waals surface area contributed by atoms with Crippen LogP contribution in [0.25, 0.3) is 0 Å². The van der Waals surface area contributed by atoms with Crippen LogP contribution in [0.5, 0.6) is 0 Å². The number of nitrogens with zero attached hydrogens (tertiary/aromatic N) is 3. The first-order valence-corrected chi connectivity index (χ1v) is 6.00. The number of oxazole rings is 1. The van der Waals surface area contributed by atoms with E-state index in [4.69, 9.17) is 4.42 Å². The maximum atomic E-state index is 12.0. The van der Waals surface area contributed by atoms with Gasteiger partial charge in [0.1, 0.15) is 5.76 Å². The molecule has 2 amide bonds. The second-order valence-corrected chi connectivity index (χ2v) is 4.42. The van der Waals surface area contributed by atoms with Gasteiger partial charge in [-0.05, 0) is 6.92 Å². The molecule has 0 radical (unpaired) electrons. The first kappa shape index (κ1) is 12.6. The summed E-state index contributed by atoms with van der Waals surface area (Å²) in [6.07, 6.45) is 1.59. The quantitative estimate of drug-likeness (QED) is 0.754. The minimum absolute atomic E-state index is 0.0260. The van der Waals surface area contributed by atoms with Gasteiger partial charge in [0, 0.05) is 33.1 Å². The van der Waals surface area contributed by atoms with Crippen molar-refractivity contribution in [3.63, 3.8) is 0 Å². The molecule has 1 fully saturated rings. The van der Waals surface area contributed by atoms with Gasteiger partial charge >= 0.3 is 0 Å². The highest BCUT2D eigenvalue weighted by Gasteiger charge is 2.23. The van der Waals surface area contributed by atoms with Crippen molar-refractivity contribution in [3.05, 3.63) is 17.8 Å². The van der Waals surface area contributed by atoms with E-state index in [0.29, 0.717) is 31.9 Å². The highest BCUT2D eigenvalue weighted by molar-refractivity contribution is 5.79. The summed E-state index contributed by atoms with van der Waals surface area (Å²) in [7, 11) is 0. The van der Waals surface area contributed by atoms with Crippen molar-refractivity contribution in [2.24, 2.45) is 0 Å². The lowest BCUT2D eigenvalue weighted by molar-refractivity contribution is -0.138. The molecule has 1 saturated heterocycles. The second kappa shape index (κ2) is 5.20. The predicted octanol–water partition coefficient (Wildman–Crippen LogP) is 0.216. The summed E-state index contributed by atoms with van der Waals surface area (Å²) >= 11 is 0. The van der Waals surface area contributed by atoms with Crippen molar-refractivity contribution >= 4 is 11.8 Å². The lowest BCUT2D eigenvalue weighted by Crippen LogP contribution is -2.50. The van der Waals surface area contributed by atoms with Crippen LogP contribution in [-0.2, 0) is 16.0 Å². The minimum Gasteiger partial charge on any atom is -0.448 e. The number of hydrogen-bond acceptors (Lipinski definition) is 4. The third kappa shape index (κ3) is 2.69. The fraction of sp³-hybridized carbons (Fsp3) is 0.583. The smallest absolute Gasteiger partial charge is 0.230 e. The molecule has 2 heterocycles. The highest BCUT2D eigenvalue weighted by atomic mass is 16.3. The van der Waals surface area contributed by atoms with E-state index in [1.165, 1.54) is 6.39 Å². The molecule has 0 N–H and O–H groups in total. The number of hydrogen-bond donors (Lipinski definition) is 0. The van der Waals surface area contributed by atoms with Crippen LogP contribution in [0.3, 0.4) is 0 Å². The molecule has 18 heavy (non-hydrogen) atoms. The van der Waals surface area contributed by atoms with Crippen molar-refractivity contribution < 1.29 is 14.0 Å². The zero-order valence-electron chi connectivity index (χ0n) is 10.7. The Morgan fingerprint density at radius 1 is 1.28 bits per heavy atom. The van der Waals surface area contributed by atoms with Gasteiger partial charge in [0.2, 0.25) is 11.8 Å². The average Bonchev–Trinajstić information content (AvgIpc) is 2.75. The van der Waals surface area contributed by atoms with Gasteiger partial charge in [-0.15, -0.1) is 0 Å². The summed E-state index contributed by atoms with van der Waals surface area (Å²) in [5.41, 5.74) is 0.755. The fourth-order valence-corrected chi connectivity index (χ4v) is 2.02. The number of rotatable bonds is 2. The van der Waals surface area contributed by atoms with Crippen molar-refractivity contribution in [3.8, 4) is 0 Å². The van der Waals surface area contributed by atoms with Gasteiger partial charge < -0.3 is 14.2 Å². The topological polar surface area (TPSA) is 66.7 Å². The molecular weight excluding hydrogens is 234 g/mol. The second-order valence-electron chi connectivity index (χ2n) is 4.42. The third-order valence-corrected chi connectivity index (χ3v) is 3.23. The minimum atomic E-state index is 0.0260. The van der Waals surface area contributed by atoms with Crippen LogP contribution >= 0.6 is 0 Å². The number of carbonyl (C=O) groups is 2. The number of carbonyl (C=O) groups excluding carboxylic acids is 2. The Balaban J connectivity index is 1.88. The largest absolute Gasteiger partial charge is 0.448 e. The van der Waals surface area contributed by atoms with E-state index in [1.807, 2.05) is 6.92 Å². The van der Waals surface area contributed by atoms with Crippen LogP contribution < -0.4 is 0 Å². The summed E-state index contributed by atoms with van der Waals surface area (Å²) in [6.45, 7) is 5.76. The molecule has 0 saturated carbocycles. The molecule has 0 spiro atoms. The monoisotopic (exact) mass is 251 g/mol. The normalized spacial score (nSPS) is 15.9. The van der Waals surface area contributed by atoms with Crippen molar-refractivity contribution in [2.75, 3.05) is 26.2 Å². The van der Waals surface area contributed by atoms with E-state index in [-0.39, 0.29) is 18.2 Å². The molecule has 0 unspecified atom stereocenters.